The lowest BCUT2D eigenvalue weighted by molar-refractivity contribution is 0.0280. The summed E-state index contributed by atoms with van der Waals surface area (Å²) in [4.78, 5) is 19.2. The van der Waals surface area contributed by atoms with Crippen molar-refractivity contribution in [3.05, 3.63) is 72.4 Å². The molecular weight excluding hydrogens is 416 g/mol. The Balaban J connectivity index is 1.30. The van der Waals surface area contributed by atoms with Crippen LogP contribution in [-0.2, 0) is 13.2 Å². The van der Waals surface area contributed by atoms with E-state index in [9.17, 15) is 5.11 Å². The van der Waals surface area contributed by atoms with Crippen LogP contribution in [0.15, 0.2) is 61.2 Å². The van der Waals surface area contributed by atoms with Crippen molar-refractivity contribution >= 4 is 11.5 Å². The maximum Gasteiger partial charge on any atom is 0.155 e. The molecule has 3 heterocycles. The van der Waals surface area contributed by atoms with Gasteiger partial charge in [-0.05, 0) is 43.3 Å². The van der Waals surface area contributed by atoms with Crippen LogP contribution in [0.1, 0.15) is 17.7 Å². The molecule has 0 saturated carbocycles. The summed E-state index contributed by atoms with van der Waals surface area (Å²) in [5, 5.41) is 11.3. The number of aromatic nitrogens is 3. The highest BCUT2D eigenvalue weighted by molar-refractivity contribution is 5.66. The molecule has 174 valence electrons. The Morgan fingerprint density at radius 2 is 1.91 bits per heavy atom. The zero-order valence-electron chi connectivity index (χ0n) is 19.6. The maximum atomic E-state index is 11.3. The molecule has 4 rings (SSSR count). The van der Waals surface area contributed by atoms with Crippen molar-refractivity contribution in [3.63, 3.8) is 0 Å². The SMILES string of the molecule is CN(Cc1ccc(OCc2ccccn2)cc1)C[C@@]1(O)CCN(c2cncnc2N(C)C)C1. The van der Waals surface area contributed by atoms with Gasteiger partial charge >= 0.3 is 0 Å². The van der Waals surface area contributed by atoms with E-state index in [1.807, 2.05) is 62.6 Å². The number of pyridine rings is 1. The van der Waals surface area contributed by atoms with Gasteiger partial charge in [0.25, 0.3) is 0 Å². The average molecular weight is 449 g/mol. The monoisotopic (exact) mass is 448 g/mol. The van der Waals surface area contributed by atoms with Gasteiger partial charge in [0, 0.05) is 46.5 Å². The van der Waals surface area contributed by atoms with E-state index in [-0.39, 0.29) is 0 Å². The number of likely N-dealkylation sites (N-methyl/N-ethyl adjacent to an activating group) is 1. The molecule has 2 aromatic heterocycles. The van der Waals surface area contributed by atoms with Crippen molar-refractivity contribution in [2.75, 3.05) is 50.6 Å². The summed E-state index contributed by atoms with van der Waals surface area (Å²) in [5.74, 6) is 1.69. The zero-order valence-corrected chi connectivity index (χ0v) is 19.6. The Morgan fingerprint density at radius 3 is 2.64 bits per heavy atom. The van der Waals surface area contributed by atoms with Gasteiger partial charge in [-0.25, -0.2) is 9.97 Å². The van der Waals surface area contributed by atoms with Crippen LogP contribution in [0.2, 0.25) is 0 Å². The van der Waals surface area contributed by atoms with Crippen molar-refractivity contribution < 1.29 is 9.84 Å². The van der Waals surface area contributed by atoms with Crippen LogP contribution in [0.5, 0.6) is 5.75 Å². The minimum Gasteiger partial charge on any atom is -0.487 e. The second-order valence-corrected chi connectivity index (χ2v) is 8.95. The number of hydrogen-bond acceptors (Lipinski definition) is 8. The van der Waals surface area contributed by atoms with Crippen molar-refractivity contribution in [3.8, 4) is 5.75 Å². The summed E-state index contributed by atoms with van der Waals surface area (Å²) in [6.45, 7) is 3.13. The second kappa shape index (κ2) is 10.1. The summed E-state index contributed by atoms with van der Waals surface area (Å²) in [7, 11) is 5.98. The largest absolute Gasteiger partial charge is 0.487 e. The van der Waals surface area contributed by atoms with Crippen molar-refractivity contribution in [2.24, 2.45) is 0 Å². The van der Waals surface area contributed by atoms with E-state index in [1.165, 1.54) is 5.56 Å². The normalized spacial score (nSPS) is 18.0. The van der Waals surface area contributed by atoms with Crippen LogP contribution < -0.4 is 14.5 Å². The lowest BCUT2D eigenvalue weighted by Crippen LogP contribution is -2.43. The molecule has 1 aromatic carbocycles. The Morgan fingerprint density at radius 1 is 1.09 bits per heavy atom. The highest BCUT2D eigenvalue weighted by atomic mass is 16.5. The number of aliphatic hydroxyl groups is 1. The topological polar surface area (TPSA) is 77.9 Å². The Labute approximate surface area is 195 Å². The zero-order chi connectivity index (χ0) is 23.3. The summed E-state index contributed by atoms with van der Waals surface area (Å²) < 4.78 is 5.82. The first-order valence-corrected chi connectivity index (χ1v) is 11.2. The van der Waals surface area contributed by atoms with Crippen molar-refractivity contribution in [2.45, 2.75) is 25.2 Å². The highest BCUT2D eigenvalue weighted by Crippen LogP contribution is 2.32. The first-order valence-electron chi connectivity index (χ1n) is 11.2. The Kier molecular flexibility index (Phi) is 7.05. The van der Waals surface area contributed by atoms with Gasteiger partial charge in [0.1, 0.15) is 18.7 Å². The Bertz CT molecular complexity index is 1030. The summed E-state index contributed by atoms with van der Waals surface area (Å²) >= 11 is 0. The van der Waals surface area contributed by atoms with Crippen LogP contribution in [0.4, 0.5) is 11.5 Å². The van der Waals surface area contributed by atoms with Gasteiger partial charge in [0.05, 0.1) is 23.2 Å². The van der Waals surface area contributed by atoms with Crippen LogP contribution >= 0.6 is 0 Å². The van der Waals surface area contributed by atoms with Crippen molar-refractivity contribution in [1.82, 2.24) is 19.9 Å². The molecule has 3 aromatic rings. The van der Waals surface area contributed by atoms with E-state index in [0.29, 0.717) is 26.1 Å². The number of hydrogen-bond donors (Lipinski definition) is 1. The van der Waals surface area contributed by atoms with Crippen LogP contribution in [0.3, 0.4) is 0 Å². The van der Waals surface area contributed by atoms with Crippen LogP contribution in [0, 0.1) is 0 Å². The average Bonchev–Trinajstić information content (AvgIpc) is 3.20. The molecule has 0 bridgehead atoms. The molecule has 1 aliphatic rings. The highest BCUT2D eigenvalue weighted by Gasteiger charge is 2.38. The molecule has 8 heteroatoms. The quantitative estimate of drug-likeness (QED) is 0.535. The summed E-state index contributed by atoms with van der Waals surface area (Å²) in [6.07, 6.45) is 5.86. The molecule has 1 saturated heterocycles. The maximum absolute atomic E-state index is 11.3. The first-order chi connectivity index (χ1) is 15.9. The molecule has 0 radical (unpaired) electrons. The number of benzene rings is 1. The van der Waals surface area contributed by atoms with E-state index in [1.54, 1.807) is 12.5 Å². The van der Waals surface area contributed by atoms with Gasteiger partial charge in [-0.15, -0.1) is 0 Å². The fraction of sp³-hybridized carbons (Fsp3) is 0.400. The third-order valence-corrected chi connectivity index (χ3v) is 5.82. The summed E-state index contributed by atoms with van der Waals surface area (Å²) in [6, 6.07) is 13.9. The minimum atomic E-state index is -0.778. The smallest absolute Gasteiger partial charge is 0.155 e. The molecular formula is C25H32N6O2. The molecule has 1 N–H and O–H groups in total. The van der Waals surface area contributed by atoms with Gasteiger partial charge in [-0.3, -0.25) is 9.88 Å². The predicted molar refractivity (Wildman–Crippen MR) is 129 cm³/mol. The molecule has 1 atom stereocenters. The van der Waals surface area contributed by atoms with Crippen molar-refractivity contribution in [1.29, 1.82) is 0 Å². The van der Waals surface area contributed by atoms with Crippen LogP contribution in [-0.4, -0.2) is 71.3 Å². The fourth-order valence-electron chi connectivity index (χ4n) is 4.28. The van der Waals surface area contributed by atoms with E-state index < -0.39 is 5.60 Å². The predicted octanol–water partition coefficient (Wildman–Crippen LogP) is 2.59. The lowest BCUT2D eigenvalue weighted by atomic mass is 10.0. The third kappa shape index (κ3) is 5.97. The molecule has 33 heavy (non-hydrogen) atoms. The fourth-order valence-corrected chi connectivity index (χ4v) is 4.28. The van der Waals surface area contributed by atoms with E-state index in [0.717, 1.165) is 36.0 Å². The molecule has 0 spiro atoms. The van der Waals surface area contributed by atoms with Crippen LogP contribution in [0.25, 0.3) is 0 Å². The summed E-state index contributed by atoms with van der Waals surface area (Å²) in [5.41, 5.74) is 2.26. The molecule has 0 aliphatic carbocycles. The molecule has 1 fully saturated rings. The molecule has 1 aliphatic heterocycles. The number of rotatable bonds is 9. The van der Waals surface area contributed by atoms with Gasteiger partial charge in [-0.2, -0.15) is 0 Å². The van der Waals surface area contributed by atoms with Gasteiger partial charge < -0.3 is 19.6 Å². The molecule has 8 nitrogen and oxygen atoms in total. The Hall–Kier alpha value is -3.23. The van der Waals surface area contributed by atoms with Gasteiger partial charge in [0.15, 0.2) is 5.82 Å². The lowest BCUT2D eigenvalue weighted by Gasteiger charge is -2.30. The third-order valence-electron chi connectivity index (χ3n) is 5.82. The van der Waals surface area contributed by atoms with E-state index in [2.05, 4.69) is 36.9 Å². The number of nitrogens with zero attached hydrogens (tertiary/aromatic N) is 6. The first kappa shape index (κ1) is 22.9. The second-order valence-electron chi connectivity index (χ2n) is 8.95. The standard InChI is InChI=1S/C25H32N6O2/c1-29(2)24-23(14-26-19-28-24)31-13-11-25(32,18-31)17-30(3)15-20-7-9-22(10-8-20)33-16-21-6-4-5-12-27-21/h4-10,12,14,19,32H,11,13,15-18H2,1-3H3/t25-/m0/s1. The molecule has 0 unspecified atom stereocenters. The number of ether oxygens (including phenoxy) is 1. The van der Waals surface area contributed by atoms with Gasteiger partial charge in [-0.1, -0.05) is 18.2 Å². The molecule has 0 amide bonds. The van der Waals surface area contributed by atoms with E-state index in [4.69, 9.17) is 4.74 Å². The minimum absolute atomic E-state index is 0.450. The van der Waals surface area contributed by atoms with E-state index >= 15 is 0 Å². The number of anilines is 2. The number of β-amino-alcohol motifs (C(OH)–C–C–N with tert-alkyl or cyclic N) is 1. The van der Waals surface area contributed by atoms with Gasteiger partial charge in [0.2, 0.25) is 0 Å².